The number of nitriles is 2. The Balaban J connectivity index is 2.06. The summed E-state index contributed by atoms with van der Waals surface area (Å²) in [5, 5.41) is 19.9. The van der Waals surface area contributed by atoms with Gasteiger partial charge < -0.3 is 0 Å². The summed E-state index contributed by atoms with van der Waals surface area (Å²) >= 11 is 0. The highest BCUT2D eigenvalue weighted by molar-refractivity contribution is 5.52. The van der Waals surface area contributed by atoms with Crippen LogP contribution in [0.3, 0.4) is 0 Å². The zero-order chi connectivity index (χ0) is 20.5. The molecule has 0 fully saturated rings. The van der Waals surface area contributed by atoms with Crippen LogP contribution in [0.15, 0.2) is 91.0 Å². The van der Waals surface area contributed by atoms with Crippen LogP contribution in [0.25, 0.3) is 6.08 Å². The summed E-state index contributed by atoms with van der Waals surface area (Å²) in [5.74, 6) is 0.221. The Morgan fingerprint density at radius 1 is 1.03 bits per heavy atom. The van der Waals surface area contributed by atoms with Gasteiger partial charge in [0.1, 0.15) is 0 Å². The van der Waals surface area contributed by atoms with Crippen LogP contribution >= 0.6 is 0 Å². The molecule has 3 rings (SSSR count). The zero-order valence-corrected chi connectivity index (χ0v) is 16.7. The van der Waals surface area contributed by atoms with Crippen LogP contribution in [0.2, 0.25) is 0 Å². The second-order valence-electron chi connectivity index (χ2n) is 7.52. The van der Waals surface area contributed by atoms with E-state index in [2.05, 4.69) is 73.3 Å². The SMILES string of the molecule is C=CCC(C#N)(C#N)C1=CCCCC1C(/C=C/c1ccccc1)c1ccccc1. The van der Waals surface area contributed by atoms with Crippen molar-refractivity contribution >= 4 is 6.08 Å². The monoisotopic (exact) mass is 378 g/mol. The average Bonchev–Trinajstić information content (AvgIpc) is 2.79. The first-order valence-corrected chi connectivity index (χ1v) is 10.2. The largest absolute Gasteiger partial charge is 0.196 e. The lowest BCUT2D eigenvalue weighted by atomic mass is 9.65. The highest BCUT2D eigenvalue weighted by atomic mass is 14.5. The molecule has 1 aliphatic carbocycles. The molecule has 0 aliphatic heterocycles. The van der Waals surface area contributed by atoms with E-state index in [1.807, 2.05) is 24.3 Å². The predicted molar refractivity (Wildman–Crippen MR) is 119 cm³/mol. The van der Waals surface area contributed by atoms with Crippen molar-refractivity contribution in [3.8, 4) is 12.1 Å². The first kappa shape index (κ1) is 20.4. The molecule has 0 N–H and O–H groups in total. The Morgan fingerprint density at radius 3 is 2.31 bits per heavy atom. The molecule has 0 amide bonds. The quantitative estimate of drug-likeness (QED) is 0.496. The number of rotatable bonds is 7. The third-order valence-electron chi connectivity index (χ3n) is 5.72. The molecule has 0 aromatic heterocycles. The van der Waals surface area contributed by atoms with Crippen LogP contribution in [-0.4, -0.2) is 0 Å². The van der Waals surface area contributed by atoms with Crippen molar-refractivity contribution in [2.75, 3.05) is 0 Å². The molecule has 144 valence electrons. The summed E-state index contributed by atoms with van der Waals surface area (Å²) in [6, 6.07) is 25.3. The molecular formula is C27H26N2. The Morgan fingerprint density at radius 2 is 1.69 bits per heavy atom. The van der Waals surface area contributed by atoms with Gasteiger partial charge in [0.05, 0.1) is 12.1 Å². The predicted octanol–water partition coefficient (Wildman–Crippen LogP) is 6.82. The molecule has 0 spiro atoms. The van der Waals surface area contributed by atoms with E-state index in [-0.39, 0.29) is 11.8 Å². The molecule has 0 saturated heterocycles. The summed E-state index contributed by atoms with van der Waals surface area (Å²) in [6.45, 7) is 3.80. The Hall–Kier alpha value is -3.36. The van der Waals surface area contributed by atoms with Gasteiger partial charge in [-0.05, 0) is 41.9 Å². The van der Waals surface area contributed by atoms with E-state index in [9.17, 15) is 10.5 Å². The molecule has 2 unspecified atom stereocenters. The van der Waals surface area contributed by atoms with Gasteiger partial charge in [-0.2, -0.15) is 10.5 Å². The molecule has 2 aromatic carbocycles. The van der Waals surface area contributed by atoms with Crippen molar-refractivity contribution in [2.24, 2.45) is 11.3 Å². The van der Waals surface area contributed by atoms with Crippen molar-refractivity contribution < 1.29 is 0 Å². The van der Waals surface area contributed by atoms with E-state index in [1.165, 1.54) is 5.56 Å². The van der Waals surface area contributed by atoms with E-state index in [4.69, 9.17) is 0 Å². The summed E-state index contributed by atoms with van der Waals surface area (Å²) in [7, 11) is 0. The normalized spacial score (nSPS) is 17.7. The van der Waals surface area contributed by atoms with Crippen molar-refractivity contribution in [3.05, 3.63) is 102 Å². The van der Waals surface area contributed by atoms with Gasteiger partial charge in [-0.15, -0.1) is 6.58 Å². The smallest absolute Gasteiger partial charge is 0.168 e. The maximum Gasteiger partial charge on any atom is 0.168 e. The van der Waals surface area contributed by atoms with Gasteiger partial charge in [0, 0.05) is 12.3 Å². The number of hydrogen-bond acceptors (Lipinski definition) is 2. The maximum atomic E-state index is 9.96. The Bertz CT molecular complexity index is 941. The van der Waals surface area contributed by atoms with E-state index >= 15 is 0 Å². The minimum Gasteiger partial charge on any atom is -0.196 e. The molecule has 2 atom stereocenters. The first-order valence-electron chi connectivity index (χ1n) is 10.2. The van der Waals surface area contributed by atoms with E-state index in [1.54, 1.807) is 6.08 Å². The van der Waals surface area contributed by atoms with E-state index in [0.29, 0.717) is 6.42 Å². The Kier molecular flexibility index (Phi) is 6.83. The van der Waals surface area contributed by atoms with Crippen LogP contribution in [-0.2, 0) is 0 Å². The number of nitrogens with zero attached hydrogens (tertiary/aromatic N) is 2. The van der Waals surface area contributed by atoms with Crippen LogP contribution in [0.1, 0.15) is 42.7 Å². The van der Waals surface area contributed by atoms with E-state index in [0.717, 1.165) is 30.4 Å². The van der Waals surface area contributed by atoms with Gasteiger partial charge in [-0.1, -0.05) is 85.0 Å². The lowest BCUT2D eigenvalue weighted by Gasteiger charge is -2.36. The van der Waals surface area contributed by atoms with Gasteiger partial charge in [0.2, 0.25) is 0 Å². The third kappa shape index (κ3) is 4.56. The third-order valence-corrected chi connectivity index (χ3v) is 5.72. The number of hydrogen-bond donors (Lipinski definition) is 0. The number of benzene rings is 2. The summed E-state index contributed by atoms with van der Waals surface area (Å²) in [5.41, 5.74) is 2.18. The highest BCUT2D eigenvalue weighted by Gasteiger charge is 2.41. The zero-order valence-electron chi connectivity index (χ0n) is 16.7. The fourth-order valence-electron chi connectivity index (χ4n) is 4.28. The molecular weight excluding hydrogens is 352 g/mol. The van der Waals surface area contributed by atoms with Gasteiger partial charge >= 0.3 is 0 Å². The lowest BCUT2D eigenvalue weighted by molar-refractivity contribution is 0.405. The molecule has 2 heteroatoms. The molecule has 0 heterocycles. The molecule has 1 aliphatic rings. The summed E-state index contributed by atoms with van der Waals surface area (Å²) in [6.07, 6.45) is 11.5. The minimum atomic E-state index is -1.14. The minimum absolute atomic E-state index is 0.105. The van der Waals surface area contributed by atoms with Crippen LogP contribution < -0.4 is 0 Å². The highest BCUT2D eigenvalue weighted by Crippen LogP contribution is 2.47. The topological polar surface area (TPSA) is 47.6 Å². The fraction of sp³-hybridized carbons (Fsp3) is 0.259. The van der Waals surface area contributed by atoms with Gasteiger partial charge in [-0.25, -0.2) is 0 Å². The second kappa shape index (κ2) is 9.72. The Labute approximate surface area is 174 Å². The van der Waals surface area contributed by atoms with Crippen LogP contribution in [0, 0.1) is 34.0 Å². The van der Waals surface area contributed by atoms with Crippen LogP contribution in [0.4, 0.5) is 0 Å². The van der Waals surface area contributed by atoms with Crippen molar-refractivity contribution in [3.63, 3.8) is 0 Å². The molecule has 0 saturated carbocycles. The van der Waals surface area contributed by atoms with E-state index < -0.39 is 5.41 Å². The molecule has 2 aromatic rings. The van der Waals surface area contributed by atoms with Crippen LogP contribution in [0.5, 0.6) is 0 Å². The average molecular weight is 379 g/mol. The first-order chi connectivity index (χ1) is 14.2. The van der Waals surface area contributed by atoms with Gasteiger partial charge in [0.15, 0.2) is 5.41 Å². The molecule has 0 radical (unpaired) electrons. The summed E-state index contributed by atoms with van der Waals surface area (Å²) < 4.78 is 0. The number of allylic oxidation sites excluding steroid dienone is 4. The second-order valence-corrected chi connectivity index (χ2v) is 7.52. The van der Waals surface area contributed by atoms with Crippen molar-refractivity contribution in [1.82, 2.24) is 0 Å². The standard InChI is InChI=1S/C27H26N2/c1-2-19-27(20-28,21-29)26-16-10-9-15-25(26)24(23-13-7-4-8-14-23)18-17-22-11-5-3-6-12-22/h2-8,11-14,16-18,24-25H,1,9-10,15,19H2/b18-17+. The van der Waals surface area contributed by atoms with Gasteiger partial charge in [-0.3, -0.25) is 0 Å². The maximum absolute atomic E-state index is 9.96. The molecule has 0 bridgehead atoms. The van der Waals surface area contributed by atoms with Gasteiger partial charge in [0.25, 0.3) is 0 Å². The summed E-state index contributed by atoms with van der Waals surface area (Å²) in [4.78, 5) is 0. The lowest BCUT2D eigenvalue weighted by Crippen LogP contribution is -2.29. The van der Waals surface area contributed by atoms with Crippen molar-refractivity contribution in [2.45, 2.75) is 31.6 Å². The molecule has 29 heavy (non-hydrogen) atoms. The fourth-order valence-corrected chi connectivity index (χ4v) is 4.28. The van der Waals surface area contributed by atoms with Crippen molar-refractivity contribution in [1.29, 1.82) is 10.5 Å². The molecule has 2 nitrogen and oxygen atoms in total.